The summed E-state index contributed by atoms with van der Waals surface area (Å²) in [6.07, 6.45) is 4.48. The second-order valence-corrected chi connectivity index (χ2v) is 5.04. The van der Waals surface area contributed by atoms with Crippen LogP contribution in [0.3, 0.4) is 0 Å². The number of aromatic nitrogens is 1. The molecule has 0 atom stereocenters. The number of aliphatic imine (C=N–C) groups is 1. The van der Waals surface area contributed by atoms with Crippen molar-refractivity contribution in [3.05, 3.63) is 40.4 Å². The maximum absolute atomic E-state index is 13.9. The van der Waals surface area contributed by atoms with E-state index in [2.05, 4.69) is 25.9 Å². The minimum atomic E-state index is -0.614. The molecule has 0 bridgehead atoms. The third kappa shape index (κ3) is 2.96. The van der Waals surface area contributed by atoms with E-state index in [4.69, 9.17) is 0 Å². The van der Waals surface area contributed by atoms with Gasteiger partial charge < -0.3 is 4.90 Å². The summed E-state index contributed by atoms with van der Waals surface area (Å²) in [6.45, 7) is 0. The number of amides is 1. The summed E-state index contributed by atoms with van der Waals surface area (Å²) < 4.78 is 14.6. The van der Waals surface area contributed by atoms with Crippen molar-refractivity contribution in [2.75, 3.05) is 14.1 Å². The maximum Gasteiger partial charge on any atom is 0.281 e. The largest absolute Gasteiger partial charge is 0.369 e. The van der Waals surface area contributed by atoms with Gasteiger partial charge in [0.15, 0.2) is 0 Å². The average Bonchev–Trinajstić information content (AvgIpc) is 2.35. The van der Waals surface area contributed by atoms with Crippen molar-refractivity contribution in [2.24, 2.45) is 4.99 Å². The van der Waals surface area contributed by atoms with E-state index in [0.717, 1.165) is 5.39 Å². The van der Waals surface area contributed by atoms with Crippen LogP contribution >= 0.6 is 15.9 Å². The second-order valence-electron chi connectivity index (χ2n) is 4.19. The van der Waals surface area contributed by atoms with Crippen LogP contribution < -0.4 is 0 Å². The fraction of sp³-hybridized carbons (Fsp3) is 0.154. The Balaban J connectivity index is 2.52. The summed E-state index contributed by atoms with van der Waals surface area (Å²) >= 11 is 3.32. The molecule has 0 aliphatic rings. The van der Waals surface area contributed by atoms with Crippen LogP contribution in [0.2, 0.25) is 0 Å². The van der Waals surface area contributed by atoms with Crippen LogP contribution in [0.4, 0.5) is 4.39 Å². The lowest BCUT2D eigenvalue weighted by Crippen LogP contribution is -2.10. The normalized spacial score (nSPS) is 11.2. The van der Waals surface area contributed by atoms with Crippen LogP contribution in [0.15, 0.2) is 34.0 Å². The Bertz CT molecular complexity index is 670. The summed E-state index contributed by atoms with van der Waals surface area (Å²) in [4.78, 5) is 21.1. The summed E-state index contributed by atoms with van der Waals surface area (Å²) in [5.41, 5.74) is -0.0579. The van der Waals surface area contributed by atoms with Gasteiger partial charge >= 0.3 is 0 Å². The number of pyridine rings is 1. The number of rotatable bonds is 2. The molecule has 1 aromatic carbocycles. The van der Waals surface area contributed by atoms with Crippen molar-refractivity contribution in [2.45, 2.75) is 0 Å². The minimum absolute atomic E-state index is 0.0579. The Labute approximate surface area is 118 Å². The predicted molar refractivity (Wildman–Crippen MR) is 75.9 cm³/mol. The number of carbonyl (C=O) groups is 1. The molecule has 0 aliphatic carbocycles. The van der Waals surface area contributed by atoms with Crippen LogP contribution in [-0.4, -0.2) is 36.2 Å². The smallest absolute Gasteiger partial charge is 0.281 e. The quantitative estimate of drug-likeness (QED) is 0.630. The van der Waals surface area contributed by atoms with Gasteiger partial charge in [0.05, 0.1) is 11.9 Å². The summed E-state index contributed by atoms with van der Waals surface area (Å²) in [5.74, 6) is -1.22. The summed E-state index contributed by atoms with van der Waals surface area (Å²) in [7, 11) is 3.46. The molecule has 98 valence electrons. The number of hydrogen-bond acceptors (Lipinski definition) is 2. The van der Waals surface area contributed by atoms with E-state index in [-0.39, 0.29) is 5.56 Å². The average molecular weight is 324 g/mol. The third-order valence-corrected chi connectivity index (χ3v) is 3.07. The van der Waals surface area contributed by atoms with Crippen molar-refractivity contribution >= 4 is 38.9 Å². The number of benzene rings is 1. The number of fused-ring (bicyclic) bond motifs is 1. The van der Waals surface area contributed by atoms with Crippen LogP contribution in [0.5, 0.6) is 0 Å². The van der Waals surface area contributed by atoms with Gasteiger partial charge in [0.1, 0.15) is 5.82 Å². The van der Waals surface area contributed by atoms with E-state index >= 15 is 0 Å². The van der Waals surface area contributed by atoms with Crippen molar-refractivity contribution in [1.29, 1.82) is 0 Å². The molecule has 1 amide bonds. The van der Waals surface area contributed by atoms with Crippen molar-refractivity contribution in [1.82, 2.24) is 9.88 Å². The lowest BCUT2D eigenvalue weighted by atomic mass is 10.1. The van der Waals surface area contributed by atoms with E-state index in [1.165, 1.54) is 18.5 Å². The molecular weight excluding hydrogens is 313 g/mol. The lowest BCUT2D eigenvalue weighted by Gasteiger charge is -2.05. The standard InChI is InChI=1S/C13H11BrFN3O/c1-18(2)7-17-13(19)10-4-9-8(3-12(10)15)5-16-6-11(9)14/h3-7H,1-2H3. The van der Waals surface area contributed by atoms with Gasteiger partial charge in [-0.3, -0.25) is 9.78 Å². The Hall–Kier alpha value is -1.82. The van der Waals surface area contributed by atoms with E-state index < -0.39 is 11.7 Å². The zero-order valence-electron chi connectivity index (χ0n) is 10.4. The molecule has 0 N–H and O–H groups in total. The fourth-order valence-corrected chi connectivity index (χ4v) is 2.02. The molecule has 0 radical (unpaired) electrons. The Morgan fingerprint density at radius 3 is 2.84 bits per heavy atom. The highest BCUT2D eigenvalue weighted by atomic mass is 79.9. The molecule has 1 heterocycles. The SMILES string of the molecule is CN(C)C=NC(=O)c1cc2c(Br)cncc2cc1F. The zero-order valence-corrected chi connectivity index (χ0v) is 12.0. The summed E-state index contributed by atoms with van der Waals surface area (Å²) in [5, 5.41) is 1.35. The third-order valence-electron chi connectivity index (χ3n) is 2.43. The first-order valence-corrected chi connectivity index (χ1v) is 6.26. The monoisotopic (exact) mass is 323 g/mol. The Morgan fingerprint density at radius 2 is 2.16 bits per heavy atom. The zero-order chi connectivity index (χ0) is 14.0. The van der Waals surface area contributed by atoms with Crippen LogP contribution in [-0.2, 0) is 0 Å². The van der Waals surface area contributed by atoms with Gasteiger partial charge in [-0.2, -0.15) is 4.99 Å². The maximum atomic E-state index is 13.9. The molecule has 4 nitrogen and oxygen atoms in total. The predicted octanol–water partition coefficient (Wildman–Crippen LogP) is 2.87. The fourth-order valence-electron chi connectivity index (χ4n) is 1.56. The molecule has 0 spiro atoms. The van der Waals surface area contributed by atoms with Crippen molar-refractivity contribution < 1.29 is 9.18 Å². The van der Waals surface area contributed by atoms with Gasteiger partial charge in [-0.05, 0) is 33.4 Å². The molecule has 0 aliphatic heterocycles. The Kier molecular flexibility index (Phi) is 3.90. The number of halogens is 2. The highest BCUT2D eigenvalue weighted by Gasteiger charge is 2.13. The van der Waals surface area contributed by atoms with E-state index in [9.17, 15) is 9.18 Å². The van der Waals surface area contributed by atoms with Gasteiger partial charge in [0, 0.05) is 36.3 Å². The highest BCUT2D eigenvalue weighted by Crippen LogP contribution is 2.25. The summed E-state index contributed by atoms with van der Waals surface area (Å²) in [6, 6.07) is 2.76. The van der Waals surface area contributed by atoms with Crippen LogP contribution in [0, 0.1) is 5.82 Å². The van der Waals surface area contributed by atoms with Gasteiger partial charge in [0.25, 0.3) is 5.91 Å². The first-order valence-electron chi connectivity index (χ1n) is 5.46. The van der Waals surface area contributed by atoms with Crippen molar-refractivity contribution in [3.8, 4) is 0 Å². The highest BCUT2D eigenvalue weighted by molar-refractivity contribution is 9.10. The Morgan fingerprint density at radius 1 is 1.42 bits per heavy atom. The van der Waals surface area contributed by atoms with Crippen LogP contribution in [0.25, 0.3) is 10.8 Å². The van der Waals surface area contributed by atoms with Gasteiger partial charge in [-0.25, -0.2) is 4.39 Å². The van der Waals surface area contributed by atoms with E-state index in [1.54, 1.807) is 31.4 Å². The van der Waals surface area contributed by atoms with E-state index in [1.807, 2.05) is 0 Å². The molecule has 6 heteroatoms. The number of nitrogens with zero attached hydrogens (tertiary/aromatic N) is 3. The number of hydrogen-bond donors (Lipinski definition) is 0. The van der Waals surface area contributed by atoms with Crippen LogP contribution in [0.1, 0.15) is 10.4 Å². The first-order chi connectivity index (χ1) is 8.99. The molecule has 1 aromatic heterocycles. The van der Waals surface area contributed by atoms with Gasteiger partial charge in [-0.15, -0.1) is 0 Å². The molecule has 0 saturated carbocycles. The van der Waals surface area contributed by atoms with Crippen molar-refractivity contribution in [3.63, 3.8) is 0 Å². The van der Waals surface area contributed by atoms with Gasteiger partial charge in [-0.1, -0.05) is 0 Å². The number of carbonyl (C=O) groups excluding carboxylic acids is 1. The van der Waals surface area contributed by atoms with Gasteiger partial charge in [0.2, 0.25) is 0 Å². The molecule has 2 rings (SSSR count). The topological polar surface area (TPSA) is 45.6 Å². The molecular formula is C13H11BrFN3O. The van der Waals surface area contributed by atoms with E-state index in [0.29, 0.717) is 9.86 Å². The second kappa shape index (κ2) is 5.44. The lowest BCUT2D eigenvalue weighted by molar-refractivity contribution is 0.0998. The first kappa shape index (κ1) is 13.6. The molecule has 0 saturated heterocycles. The molecule has 19 heavy (non-hydrogen) atoms. The molecule has 0 fully saturated rings. The minimum Gasteiger partial charge on any atom is -0.369 e. The molecule has 0 unspecified atom stereocenters. The molecule has 2 aromatic rings.